The van der Waals surface area contributed by atoms with Crippen molar-refractivity contribution >= 4 is 11.8 Å². The number of likely N-dealkylation sites (tertiary alicyclic amines) is 1. The van der Waals surface area contributed by atoms with E-state index in [0.29, 0.717) is 25.4 Å². The summed E-state index contributed by atoms with van der Waals surface area (Å²) in [6.07, 6.45) is 8.90. The molecule has 1 unspecified atom stereocenters. The number of nitrogens with one attached hydrogen (secondary N) is 1. The molecule has 142 valence electrons. The van der Waals surface area contributed by atoms with Crippen LogP contribution in [0.4, 0.5) is 0 Å². The number of aromatic nitrogens is 2. The highest BCUT2D eigenvalue weighted by Gasteiger charge is 2.31. The van der Waals surface area contributed by atoms with Crippen molar-refractivity contribution in [2.24, 2.45) is 5.92 Å². The lowest BCUT2D eigenvalue weighted by Gasteiger charge is -2.32. The molecule has 4 rings (SSSR count). The van der Waals surface area contributed by atoms with Gasteiger partial charge in [0.05, 0.1) is 17.8 Å². The minimum absolute atomic E-state index is 0.0517. The molecule has 1 aromatic carbocycles. The lowest BCUT2D eigenvalue weighted by molar-refractivity contribution is -0.135. The largest absolute Gasteiger partial charge is 0.353 e. The van der Waals surface area contributed by atoms with Gasteiger partial charge in [-0.25, -0.2) is 4.68 Å². The first-order chi connectivity index (χ1) is 13.2. The lowest BCUT2D eigenvalue weighted by atomic mass is 9.96. The number of rotatable bonds is 6. The zero-order valence-corrected chi connectivity index (χ0v) is 15.5. The Labute approximate surface area is 159 Å². The second kappa shape index (κ2) is 7.94. The first kappa shape index (κ1) is 17.8. The molecular weight excluding hydrogens is 340 g/mol. The summed E-state index contributed by atoms with van der Waals surface area (Å²) in [7, 11) is 0. The van der Waals surface area contributed by atoms with E-state index in [1.165, 1.54) is 0 Å². The van der Waals surface area contributed by atoms with E-state index in [4.69, 9.17) is 0 Å². The number of hydrogen-bond acceptors (Lipinski definition) is 3. The summed E-state index contributed by atoms with van der Waals surface area (Å²) in [5.74, 6) is 0.203. The summed E-state index contributed by atoms with van der Waals surface area (Å²) in [4.78, 5) is 26.8. The molecule has 1 atom stereocenters. The molecule has 2 aliphatic rings. The van der Waals surface area contributed by atoms with E-state index >= 15 is 0 Å². The van der Waals surface area contributed by atoms with Gasteiger partial charge in [-0.15, -0.1) is 0 Å². The van der Waals surface area contributed by atoms with Gasteiger partial charge < -0.3 is 10.2 Å². The average molecular weight is 366 g/mol. The Morgan fingerprint density at radius 1 is 1.15 bits per heavy atom. The molecule has 6 nitrogen and oxygen atoms in total. The highest BCUT2D eigenvalue weighted by Crippen LogP contribution is 2.22. The SMILES string of the molecule is O=C(NC1CC1)C1CCCN(C(=O)CCc2cnn(-c3ccccc3)c2)C1. The number of benzene rings is 1. The molecular formula is C21H26N4O2. The van der Waals surface area contributed by atoms with Crippen LogP contribution < -0.4 is 5.32 Å². The van der Waals surface area contributed by atoms with Crippen LogP contribution in [0.2, 0.25) is 0 Å². The molecule has 2 heterocycles. The van der Waals surface area contributed by atoms with E-state index in [0.717, 1.165) is 43.5 Å². The molecule has 1 N–H and O–H groups in total. The van der Waals surface area contributed by atoms with Gasteiger partial charge in [-0.1, -0.05) is 18.2 Å². The Hall–Kier alpha value is -2.63. The minimum Gasteiger partial charge on any atom is -0.353 e. The van der Waals surface area contributed by atoms with Gasteiger partial charge in [0.25, 0.3) is 0 Å². The summed E-state index contributed by atoms with van der Waals surface area (Å²) in [5, 5.41) is 7.46. The predicted molar refractivity (Wildman–Crippen MR) is 102 cm³/mol. The van der Waals surface area contributed by atoms with Crippen molar-refractivity contribution in [1.82, 2.24) is 20.0 Å². The maximum absolute atomic E-state index is 12.6. The van der Waals surface area contributed by atoms with Gasteiger partial charge in [0.2, 0.25) is 11.8 Å². The Morgan fingerprint density at radius 2 is 1.96 bits per heavy atom. The van der Waals surface area contributed by atoms with Crippen molar-refractivity contribution < 1.29 is 9.59 Å². The van der Waals surface area contributed by atoms with E-state index in [1.54, 1.807) is 0 Å². The lowest BCUT2D eigenvalue weighted by Crippen LogP contribution is -2.45. The van der Waals surface area contributed by atoms with Crippen molar-refractivity contribution in [3.05, 3.63) is 48.3 Å². The fourth-order valence-corrected chi connectivity index (χ4v) is 3.58. The molecule has 1 aliphatic carbocycles. The minimum atomic E-state index is -0.0517. The van der Waals surface area contributed by atoms with E-state index in [9.17, 15) is 9.59 Å². The van der Waals surface area contributed by atoms with Crippen LogP contribution in [0.15, 0.2) is 42.7 Å². The third kappa shape index (κ3) is 4.56. The van der Waals surface area contributed by atoms with E-state index in [2.05, 4.69) is 10.4 Å². The van der Waals surface area contributed by atoms with E-state index < -0.39 is 0 Å². The first-order valence-corrected chi connectivity index (χ1v) is 9.86. The van der Waals surface area contributed by atoms with Crippen molar-refractivity contribution in [2.75, 3.05) is 13.1 Å². The molecule has 0 radical (unpaired) electrons. The Kier molecular flexibility index (Phi) is 5.23. The molecule has 1 saturated carbocycles. The van der Waals surface area contributed by atoms with Crippen LogP contribution in [0.3, 0.4) is 0 Å². The Morgan fingerprint density at radius 3 is 2.74 bits per heavy atom. The number of aryl methyl sites for hydroxylation is 1. The van der Waals surface area contributed by atoms with Crippen LogP contribution in [0, 0.1) is 5.92 Å². The molecule has 6 heteroatoms. The maximum atomic E-state index is 12.6. The molecule has 0 bridgehead atoms. The van der Waals surface area contributed by atoms with Gasteiger partial charge in [0.1, 0.15) is 0 Å². The molecule has 1 aliphatic heterocycles. The molecule has 2 fully saturated rings. The van der Waals surface area contributed by atoms with Gasteiger partial charge in [-0.2, -0.15) is 5.10 Å². The van der Waals surface area contributed by atoms with Crippen LogP contribution in [-0.4, -0.2) is 45.6 Å². The average Bonchev–Trinajstić information content (AvgIpc) is 3.40. The number of amides is 2. The molecule has 27 heavy (non-hydrogen) atoms. The van der Waals surface area contributed by atoms with Gasteiger partial charge in [-0.05, 0) is 49.8 Å². The monoisotopic (exact) mass is 366 g/mol. The molecule has 1 saturated heterocycles. The van der Waals surface area contributed by atoms with Crippen LogP contribution in [0.25, 0.3) is 5.69 Å². The summed E-state index contributed by atoms with van der Waals surface area (Å²) < 4.78 is 1.83. The number of nitrogens with zero attached hydrogens (tertiary/aromatic N) is 3. The summed E-state index contributed by atoms with van der Waals surface area (Å²) in [5.41, 5.74) is 2.06. The number of carbonyl (C=O) groups excluding carboxylic acids is 2. The number of carbonyl (C=O) groups is 2. The molecule has 0 spiro atoms. The van der Waals surface area contributed by atoms with Crippen LogP contribution >= 0.6 is 0 Å². The highest BCUT2D eigenvalue weighted by molar-refractivity contribution is 5.81. The third-order valence-electron chi connectivity index (χ3n) is 5.35. The van der Waals surface area contributed by atoms with Gasteiger partial charge >= 0.3 is 0 Å². The number of hydrogen-bond donors (Lipinski definition) is 1. The van der Waals surface area contributed by atoms with Crippen molar-refractivity contribution in [3.63, 3.8) is 0 Å². The van der Waals surface area contributed by atoms with Crippen LogP contribution in [-0.2, 0) is 16.0 Å². The highest BCUT2D eigenvalue weighted by atomic mass is 16.2. The van der Waals surface area contributed by atoms with E-state index in [-0.39, 0.29) is 17.7 Å². The van der Waals surface area contributed by atoms with Crippen molar-refractivity contribution in [2.45, 2.75) is 44.6 Å². The quantitative estimate of drug-likeness (QED) is 0.853. The first-order valence-electron chi connectivity index (χ1n) is 9.86. The van der Waals surface area contributed by atoms with Crippen LogP contribution in [0.5, 0.6) is 0 Å². The van der Waals surface area contributed by atoms with Crippen molar-refractivity contribution in [3.8, 4) is 5.69 Å². The third-order valence-corrected chi connectivity index (χ3v) is 5.35. The number of para-hydroxylation sites is 1. The van der Waals surface area contributed by atoms with Gasteiger partial charge in [-0.3, -0.25) is 9.59 Å². The second-order valence-electron chi connectivity index (χ2n) is 7.59. The second-order valence-corrected chi connectivity index (χ2v) is 7.59. The summed E-state index contributed by atoms with van der Waals surface area (Å²) in [6.45, 7) is 1.32. The zero-order valence-electron chi connectivity index (χ0n) is 15.5. The molecule has 2 amide bonds. The Bertz CT molecular complexity index is 798. The fraction of sp³-hybridized carbons (Fsp3) is 0.476. The normalized spacial score (nSPS) is 19.7. The topological polar surface area (TPSA) is 67.2 Å². The van der Waals surface area contributed by atoms with Crippen molar-refractivity contribution in [1.29, 1.82) is 0 Å². The fourth-order valence-electron chi connectivity index (χ4n) is 3.58. The summed E-state index contributed by atoms with van der Waals surface area (Å²) >= 11 is 0. The zero-order chi connectivity index (χ0) is 18.6. The molecule has 1 aromatic heterocycles. The predicted octanol–water partition coefficient (Wildman–Crippen LogP) is 2.32. The Balaban J connectivity index is 1.28. The smallest absolute Gasteiger partial charge is 0.225 e. The molecule has 2 aromatic rings. The number of piperidine rings is 1. The van der Waals surface area contributed by atoms with Gasteiger partial charge in [0, 0.05) is 31.7 Å². The van der Waals surface area contributed by atoms with E-state index in [1.807, 2.05) is 52.3 Å². The maximum Gasteiger partial charge on any atom is 0.225 e. The summed E-state index contributed by atoms with van der Waals surface area (Å²) in [6, 6.07) is 10.3. The van der Waals surface area contributed by atoms with Crippen LogP contribution in [0.1, 0.15) is 37.7 Å². The standard InChI is InChI=1S/C21H26N4O2/c26-20(24-12-4-5-17(15-24)21(27)23-18-9-10-18)11-8-16-13-22-25(14-16)19-6-2-1-3-7-19/h1-3,6-7,13-14,17-18H,4-5,8-12,15H2,(H,23,27). The van der Waals surface area contributed by atoms with Gasteiger partial charge in [0.15, 0.2) is 0 Å².